The predicted octanol–water partition coefficient (Wildman–Crippen LogP) is 2.24. The fraction of sp³-hybridized carbons (Fsp3) is 0.364. The number of hydrogen-bond acceptors (Lipinski definition) is 3. The first kappa shape index (κ1) is 13.2. The lowest BCUT2D eigenvalue weighted by molar-refractivity contribution is 0.117. The summed E-state index contributed by atoms with van der Waals surface area (Å²) in [5, 5.41) is 11.1. The van der Waals surface area contributed by atoms with E-state index < -0.39 is 23.0 Å². The van der Waals surface area contributed by atoms with Crippen molar-refractivity contribution in [2.45, 2.75) is 26.4 Å². The van der Waals surface area contributed by atoms with Crippen LogP contribution in [0, 0.1) is 11.6 Å². The van der Waals surface area contributed by atoms with Gasteiger partial charge in [0.25, 0.3) is 0 Å². The molecule has 0 amide bonds. The lowest BCUT2D eigenvalue weighted by atomic mass is 10.1. The molecule has 0 saturated heterocycles. The molecule has 4 nitrogen and oxygen atoms in total. The first-order valence-electron chi connectivity index (χ1n) is 4.90. The van der Waals surface area contributed by atoms with Crippen molar-refractivity contribution in [2.24, 2.45) is 10.9 Å². The molecule has 6 heteroatoms. The Kier molecular flexibility index (Phi) is 3.55. The minimum atomic E-state index is -0.901. The second-order valence-corrected chi connectivity index (χ2v) is 4.47. The Bertz CT molecular complexity index is 430. The van der Waals surface area contributed by atoms with Crippen LogP contribution in [0.3, 0.4) is 0 Å². The van der Waals surface area contributed by atoms with Gasteiger partial charge in [-0.05, 0) is 32.9 Å². The highest BCUT2D eigenvalue weighted by atomic mass is 19.1. The summed E-state index contributed by atoms with van der Waals surface area (Å²) in [6.07, 6.45) is 0. The van der Waals surface area contributed by atoms with E-state index in [2.05, 4.69) is 5.16 Å². The van der Waals surface area contributed by atoms with Crippen molar-refractivity contribution in [3.63, 3.8) is 0 Å². The third-order valence-corrected chi connectivity index (χ3v) is 1.81. The van der Waals surface area contributed by atoms with Gasteiger partial charge in [-0.15, -0.1) is 0 Å². The van der Waals surface area contributed by atoms with E-state index in [1.54, 1.807) is 20.8 Å². The fourth-order valence-electron chi connectivity index (χ4n) is 1.17. The number of rotatable bonds is 2. The number of ether oxygens (including phenoxy) is 1. The second-order valence-electron chi connectivity index (χ2n) is 4.47. The third-order valence-electron chi connectivity index (χ3n) is 1.81. The largest absolute Gasteiger partial charge is 0.482 e. The molecule has 0 aliphatic rings. The molecular formula is C11H14F2N2O2. The van der Waals surface area contributed by atoms with Gasteiger partial charge in [0.15, 0.2) is 23.2 Å². The van der Waals surface area contributed by atoms with Crippen LogP contribution in [0.4, 0.5) is 8.78 Å². The summed E-state index contributed by atoms with van der Waals surface area (Å²) in [5.41, 5.74) is 4.46. The van der Waals surface area contributed by atoms with E-state index in [1.807, 2.05) is 0 Å². The average Bonchev–Trinajstić information content (AvgIpc) is 2.20. The Morgan fingerprint density at radius 3 is 2.12 bits per heavy atom. The minimum Gasteiger partial charge on any atom is -0.482 e. The molecular weight excluding hydrogens is 230 g/mol. The summed E-state index contributed by atoms with van der Waals surface area (Å²) in [4.78, 5) is 0. The molecule has 0 heterocycles. The summed E-state index contributed by atoms with van der Waals surface area (Å²) in [5.74, 6) is -2.65. The van der Waals surface area contributed by atoms with Gasteiger partial charge in [0.2, 0.25) is 0 Å². The van der Waals surface area contributed by atoms with Gasteiger partial charge in [-0.3, -0.25) is 0 Å². The third kappa shape index (κ3) is 3.30. The molecule has 0 unspecified atom stereocenters. The van der Waals surface area contributed by atoms with Crippen LogP contribution >= 0.6 is 0 Å². The molecule has 1 aromatic carbocycles. The van der Waals surface area contributed by atoms with Crippen molar-refractivity contribution in [3.8, 4) is 5.75 Å². The van der Waals surface area contributed by atoms with E-state index in [4.69, 9.17) is 15.7 Å². The van der Waals surface area contributed by atoms with Crippen molar-refractivity contribution in [2.75, 3.05) is 0 Å². The molecule has 94 valence electrons. The summed E-state index contributed by atoms with van der Waals surface area (Å²) < 4.78 is 32.3. The highest BCUT2D eigenvalue weighted by Gasteiger charge is 2.20. The number of oxime groups is 1. The Morgan fingerprint density at radius 2 is 1.76 bits per heavy atom. The summed E-state index contributed by atoms with van der Waals surface area (Å²) in [7, 11) is 0. The Labute approximate surface area is 97.7 Å². The zero-order valence-corrected chi connectivity index (χ0v) is 9.79. The number of amidine groups is 1. The molecule has 17 heavy (non-hydrogen) atoms. The molecule has 0 radical (unpaired) electrons. The van der Waals surface area contributed by atoms with E-state index in [9.17, 15) is 8.78 Å². The lowest BCUT2D eigenvalue weighted by Gasteiger charge is -2.22. The average molecular weight is 244 g/mol. The van der Waals surface area contributed by atoms with Gasteiger partial charge in [0, 0.05) is 5.56 Å². The lowest BCUT2D eigenvalue weighted by Crippen LogP contribution is -2.24. The van der Waals surface area contributed by atoms with Crippen molar-refractivity contribution in [3.05, 3.63) is 29.3 Å². The van der Waals surface area contributed by atoms with Crippen LogP contribution in [-0.4, -0.2) is 16.6 Å². The minimum absolute atomic E-state index is 0.0521. The van der Waals surface area contributed by atoms with Gasteiger partial charge in [0.05, 0.1) is 0 Å². The number of benzene rings is 1. The maximum absolute atomic E-state index is 13.6. The molecule has 1 aromatic rings. The van der Waals surface area contributed by atoms with Gasteiger partial charge in [0.1, 0.15) is 5.60 Å². The Hall–Kier alpha value is -1.85. The molecule has 0 saturated carbocycles. The molecule has 0 bridgehead atoms. The Balaban J connectivity index is 3.20. The van der Waals surface area contributed by atoms with Crippen LogP contribution in [0.1, 0.15) is 26.3 Å². The van der Waals surface area contributed by atoms with E-state index in [0.29, 0.717) is 0 Å². The highest BCUT2D eigenvalue weighted by molar-refractivity contribution is 5.97. The van der Waals surface area contributed by atoms with Crippen LogP contribution < -0.4 is 10.5 Å². The van der Waals surface area contributed by atoms with Crippen LogP contribution in [0.15, 0.2) is 17.3 Å². The predicted molar refractivity (Wildman–Crippen MR) is 59.2 cm³/mol. The maximum atomic E-state index is 13.6. The smallest absolute Gasteiger partial charge is 0.191 e. The van der Waals surface area contributed by atoms with Crippen molar-refractivity contribution in [1.29, 1.82) is 0 Å². The zero-order valence-electron chi connectivity index (χ0n) is 9.79. The van der Waals surface area contributed by atoms with Crippen LogP contribution in [0.2, 0.25) is 0 Å². The second kappa shape index (κ2) is 4.57. The van der Waals surface area contributed by atoms with E-state index in [0.717, 1.165) is 12.1 Å². The Morgan fingerprint density at radius 1 is 1.29 bits per heavy atom. The fourth-order valence-corrected chi connectivity index (χ4v) is 1.17. The van der Waals surface area contributed by atoms with E-state index in [-0.39, 0.29) is 11.4 Å². The first-order valence-corrected chi connectivity index (χ1v) is 4.90. The first-order chi connectivity index (χ1) is 7.74. The van der Waals surface area contributed by atoms with Crippen LogP contribution in [-0.2, 0) is 0 Å². The monoisotopic (exact) mass is 244 g/mol. The van der Waals surface area contributed by atoms with Crippen molar-refractivity contribution >= 4 is 5.84 Å². The molecule has 0 aliphatic heterocycles. The van der Waals surface area contributed by atoms with Gasteiger partial charge >= 0.3 is 0 Å². The van der Waals surface area contributed by atoms with Gasteiger partial charge < -0.3 is 15.7 Å². The van der Waals surface area contributed by atoms with Crippen LogP contribution in [0.5, 0.6) is 5.75 Å². The normalized spacial score (nSPS) is 12.6. The standard InChI is InChI=1S/C11H14F2N2O2/c1-11(2,3)17-9-7(12)4-6(5-8(9)13)10(14)15-16/h4-5,16H,1-3H3,(H2,14,15). The summed E-state index contributed by atoms with van der Waals surface area (Å²) in [6, 6.07) is 1.89. The zero-order chi connectivity index (χ0) is 13.2. The number of hydrogen-bond donors (Lipinski definition) is 2. The van der Waals surface area contributed by atoms with Crippen molar-refractivity contribution < 1.29 is 18.7 Å². The quantitative estimate of drug-likeness (QED) is 0.363. The highest BCUT2D eigenvalue weighted by Crippen LogP contribution is 2.26. The molecule has 3 N–H and O–H groups in total. The maximum Gasteiger partial charge on any atom is 0.191 e. The van der Waals surface area contributed by atoms with Crippen molar-refractivity contribution in [1.82, 2.24) is 0 Å². The molecule has 0 aromatic heterocycles. The number of nitrogens with two attached hydrogens (primary N) is 1. The molecule has 0 fully saturated rings. The molecule has 1 rings (SSSR count). The van der Waals surface area contributed by atoms with E-state index >= 15 is 0 Å². The topological polar surface area (TPSA) is 67.8 Å². The number of nitrogens with zero attached hydrogens (tertiary/aromatic N) is 1. The van der Waals surface area contributed by atoms with Gasteiger partial charge in [-0.25, -0.2) is 8.78 Å². The molecule has 0 aliphatic carbocycles. The van der Waals surface area contributed by atoms with Gasteiger partial charge in [-0.1, -0.05) is 5.16 Å². The number of halogens is 2. The summed E-state index contributed by atoms with van der Waals surface area (Å²) >= 11 is 0. The molecule has 0 atom stereocenters. The SMILES string of the molecule is CC(C)(C)Oc1c(F)cc(C(N)=NO)cc1F. The summed E-state index contributed by atoms with van der Waals surface area (Å²) in [6.45, 7) is 5.01. The van der Waals surface area contributed by atoms with Gasteiger partial charge in [-0.2, -0.15) is 0 Å². The molecule has 0 spiro atoms. The van der Waals surface area contributed by atoms with E-state index in [1.165, 1.54) is 0 Å². The van der Waals surface area contributed by atoms with Crippen LogP contribution in [0.25, 0.3) is 0 Å².